The van der Waals surface area contributed by atoms with Crippen molar-refractivity contribution in [2.75, 3.05) is 0 Å². The Balaban J connectivity index is 1.56. The topological polar surface area (TPSA) is 37.3 Å². The predicted octanol–water partition coefficient (Wildman–Crippen LogP) is 6.10. The molecule has 0 spiro atoms. The lowest BCUT2D eigenvalue weighted by molar-refractivity contribution is -0.117. The Labute approximate surface area is 171 Å². The quantitative estimate of drug-likeness (QED) is 0.597. The number of carbonyl (C=O) groups excluding carboxylic acids is 1. The van der Waals surface area contributed by atoms with Gasteiger partial charge in [0.25, 0.3) is 0 Å². The molecule has 0 aromatic rings. The second-order valence-electron chi connectivity index (χ2n) is 11.6. The maximum Gasteiger partial charge on any atom is 0.155 e. The lowest BCUT2D eigenvalue weighted by atomic mass is 9.46. The molecule has 0 bridgehead atoms. The molecule has 3 saturated carbocycles. The van der Waals surface area contributed by atoms with Crippen molar-refractivity contribution >= 4 is 5.78 Å². The maximum atomic E-state index is 12.0. The lowest BCUT2D eigenvalue weighted by Gasteiger charge is -2.58. The van der Waals surface area contributed by atoms with Gasteiger partial charge in [0.1, 0.15) is 0 Å². The Bertz CT molecular complexity index is 696. The van der Waals surface area contributed by atoms with Gasteiger partial charge in [-0.2, -0.15) is 0 Å². The molecule has 28 heavy (non-hydrogen) atoms. The van der Waals surface area contributed by atoms with Crippen molar-refractivity contribution in [3.63, 3.8) is 0 Å². The molecule has 7 atom stereocenters. The van der Waals surface area contributed by atoms with Gasteiger partial charge in [0.05, 0.1) is 5.60 Å². The van der Waals surface area contributed by atoms with Crippen molar-refractivity contribution in [3.05, 3.63) is 23.8 Å². The fourth-order valence-electron chi connectivity index (χ4n) is 7.98. The van der Waals surface area contributed by atoms with Gasteiger partial charge < -0.3 is 5.11 Å². The van der Waals surface area contributed by atoms with E-state index in [4.69, 9.17) is 0 Å². The van der Waals surface area contributed by atoms with Gasteiger partial charge >= 0.3 is 0 Å². The van der Waals surface area contributed by atoms with Crippen molar-refractivity contribution in [1.29, 1.82) is 0 Å². The van der Waals surface area contributed by atoms with Crippen molar-refractivity contribution in [1.82, 2.24) is 0 Å². The van der Waals surface area contributed by atoms with Crippen LogP contribution in [0.25, 0.3) is 0 Å². The van der Waals surface area contributed by atoms with Crippen LogP contribution in [0.3, 0.4) is 0 Å². The largest absolute Gasteiger partial charge is 0.386 e. The van der Waals surface area contributed by atoms with E-state index in [0.717, 1.165) is 42.9 Å². The molecule has 4 aliphatic rings. The summed E-state index contributed by atoms with van der Waals surface area (Å²) < 4.78 is 0. The van der Waals surface area contributed by atoms with E-state index in [0.29, 0.717) is 17.1 Å². The van der Waals surface area contributed by atoms with Crippen LogP contribution in [0.1, 0.15) is 86.0 Å². The average Bonchev–Trinajstić information content (AvgIpc) is 2.97. The summed E-state index contributed by atoms with van der Waals surface area (Å²) in [5.41, 5.74) is 1.48. The van der Waals surface area contributed by atoms with Crippen LogP contribution in [0.2, 0.25) is 0 Å². The Morgan fingerprint density at radius 1 is 1.11 bits per heavy atom. The lowest BCUT2D eigenvalue weighted by Crippen LogP contribution is -2.50. The van der Waals surface area contributed by atoms with Gasteiger partial charge in [0.15, 0.2) is 5.78 Å². The van der Waals surface area contributed by atoms with E-state index in [1.165, 1.54) is 37.7 Å². The van der Waals surface area contributed by atoms with Gasteiger partial charge in [-0.1, -0.05) is 38.5 Å². The first-order chi connectivity index (χ1) is 13.0. The van der Waals surface area contributed by atoms with Gasteiger partial charge in [0, 0.05) is 6.42 Å². The molecule has 2 nitrogen and oxygen atoms in total. The van der Waals surface area contributed by atoms with E-state index < -0.39 is 5.60 Å². The van der Waals surface area contributed by atoms with E-state index in [2.05, 4.69) is 26.8 Å². The van der Waals surface area contributed by atoms with Gasteiger partial charge in [-0.3, -0.25) is 4.79 Å². The summed E-state index contributed by atoms with van der Waals surface area (Å²) in [6.45, 7) is 11.2. The first-order valence-electron chi connectivity index (χ1n) is 11.7. The number of ketones is 1. The third kappa shape index (κ3) is 3.24. The van der Waals surface area contributed by atoms with Gasteiger partial charge in [0.2, 0.25) is 0 Å². The van der Waals surface area contributed by atoms with Crippen molar-refractivity contribution < 1.29 is 9.90 Å². The second-order valence-corrected chi connectivity index (χ2v) is 11.6. The van der Waals surface area contributed by atoms with Gasteiger partial charge in [-0.25, -0.2) is 0 Å². The van der Waals surface area contributed by atoms with Crippen molar-refractivity contribution in [2.45, 2.75) is 91.6 Å². The summed E-state index contributed by atoms with van der Waals surface area (Å²) in [5, 5.41) is 10.1. The van der Waals surface area contributed by atoms with Crippen LogP contribution in [0.5, 0.6) is 0 Å². The molecule has 156 valence electrons. The zero-order valence-corrected chi connectivity index (χ0v) is 18.6. The van der Waals surface area contributed by atoms with E-state index in [1.54, 1.807) is 0 Å². The molecule has 1 N–H and O–H groups in total. The van der Waals surface area contributed by atoms with Crippen LogP contribution in [-0.4, -0.2) is 16.5 Å². The molecule has 0 aromatic heterocycles. The molecule has 0 aromatic carbocycles. The number of hydrogen-bond acceptors (Lipinski definition) is 2. The zero-order chi connectivity index (χ0) is 20.3. The summed E-state index contributed by atoms with van der Waals surface area (Å²) in [4.78, 5) is 12.0. The maximum absolute atomic E-state index is 12.0. The number of hydrogen-bond donors (Lipinski definition) is 1. The third-order valence-electron chi connectivity index (χ3n) is 9.48. The number of aliphatic hydroxyl groups is 1. The van der Waals surface area contributed by atoms with E-state index >= 15 is 0 Å². The molecule has 0 saturated heterocycles. The molecular formula is C26H40O2. The molecule has 3 fully saturated rings. The van der Waals surface area contributed by atoms with Crippen LogP contribution >= 0.6 is 0 Å². The molecule has 0 heterocycles. The van der Waals surface area contributed by atoms with Crippen LogP contribution in [0.4, 0.5) is 0 Å². The number of rotatable bonds is 3. The monoisotopic (exact) mass is 384 g/mol. The van der Waals surface area contributed by atoms with Crippen LogP contribution < -0.4 is 0 Å². The minimum atomic E-state index is -0.718. The molecule has 0 amide bonds. The highest BCUT2D eigenvalue weighted by Crippen LogP contribution is 2.67. The minimum absolute atomic E-state index is 0.280. The average molecular weight is 385 g/mol. The molecule has 0 aliphatic heterocycles. The van der Waals surface area contributed by atoms with Gasteiger partial charge in [-0.05, 0) is 105 Å². The fourth-order valence-corrected chi connectivity index (χ4v) is 7.98. The van der Waals surface area contributed by atoms with E-state index in [1.807, 2.05) is 26.0 Å². The molecular weight excluding hydrogens is 344 g/mol. The Morgan fingerprint density at radius 3 is 2.57 bits per heavy atom. The first kappa shape index (κ1) is 20.4. The predicted molar refractivity (Wildman–Crippen MR) is 115 cm³/mol. The Morgan fingerprint density at radius 2 is 1.86 bits per heavy atom. The summed E-state index contributed by atoms with van der Waals surface area (Å²) in [5.74, 6) is 4.07. The number of fused-ring (bicyclic) bond motifs is 5. The molecule has 4 rings (SSSR count). The summed E-state index contributed by atoms with van der Waals surface area (Å²) in [6, 6.07) is 0. The normalized spacial score (nSPS) is 44.6. The fraction of sp³-hybridized carbons (Fsp3) is 0.808. The third-order valence-corrected chi connectivity index (χ3v) is 9.48. The van der Waals surface area contributed by atoms with Crippen LogP contribution in [0.15, 0.2) is 23.8 Å². The summed E-state index contributed by atoms with van der Waals surface area (Å²) in [6.07, 6.45) is 15.9. The highest BCUT2D eigenvalue weighted by Gasteiger charge is 2.59. The van der Waals surface area contributed by atoms with Gasteiger partial charge in [-0.15, -0.1) is 0 Å². The number of allylic oxidation sites excluding steroid dienone is 2. The smallest absolute Gasteiger partial charge is 0.155 e. The number of carbonyl (C=O) groups is 1. The summed E-state index contributed by atoms with van der Waals surface area (Å²) >= 11 is 0. The summed E-state index contributed by atoms with van der Waals surface area (Å²) in [7, 11) is 0. The standard InChI is InChI=1S/C26H40O2/c1-17(10-13-24(2,3)28)21-8-9-22-20-7-6-18-16-19(27)11-14-25(18,4)23(20)12-15-26(21,22)5/h10,13,16-17,20-23,28H,6-9,11-12,14-15H2,1-5H3/t17-,20+,21-,22+,23+,25+,26-/m1/s1. The molecule has 2 heteroatoms. The molecule has 0 radical (unpaired) electrons. The van der Waals surface area contributed by atoms with Crippen LogP contribution in [-0.2, 0) is 4.79 Å². The Hall–Kier alpha value is -0.890. The van der Waals surface area contributed by atoms with Crippen LogP contribution in [0, 0.1) is 40.4 Å². The van der Waals surface area contributed by atoms with Crippen molar-refractivity contribution in [3.8, 4) is 0 Å². The van der Waals surface area contributed by atoms with Crippen molar-refractivity contribution in [2.24, 2.45) is 40.4 Å². The highest BCUT2D eigenvalue weighted by molar-refractivity contribution is 5.91. The zero-order valence-electron chi connectivity index (χ0n) is 18.6. The minimum Gasteiger partial charge on any atom is -0.386 e. The SMILES string of the molecule is C[C@H](C=CC(C)(C)O)[C@H]1CC[C@H]2[C@@H]3CCC4=CC(=O)CC[C@]4(C)[C@H]3CC[C@]12C. The van der Waals surface area contributed by atoms with E-state index in [9.17, 15) is 9.90 Å². The Kier molecular flexibility index (Phi) is 4.97. The highest BCUT2D eigenvalue weighted by atomic mass is 16.3. The molecule has 0 unspecified atom stereocenters. The first-order valence-corrected chi connectivity index (χ1v) is 11.7. The van der Waals surface area contributed by atoms with E-state index in [-0.39, 0.29) is 5.41 Å². The second kappa shape index (κ2) is 6.83. The molecule has 4 aliphatic carbocycles.